The third-order valence-electron chi connectivity index (χ3n) is 5.44. The number of pyridine rings is 1. The standard InChI is InChI=1S/C22H19F5N6O4S/c23-17(24)19-30-29-18(37-19)14-6-7-15(28-12-14)13-33(16-4-2-1-3-5-16)21(35)32-8-10-38(36,11-9-32)31-20(34)22(25,26)27/h1-7,12,17H,8-11,13H2. The Bertz CT molecular complexity index is 1410. The van der Waals surface area contributed by atoms with Crippen LogP contribution in [0, 0.1) is 0 Å². The molecule has 202 valence electrons. The van der Waals surface area contributed by atoms with Gasteiger partial charge in [0.05, 0.1) is 39.0 Å². The molecule has 1 aliphatic heterocycles. The molecule has 3 amide bonds. The predicted octanol–water partition coefficient (Wildman–Crippen LogP) is 4.07. The molecule has 0 N–H and O–H groups in total. The van der Waals surface area contributed by atoms with E-state index >= 15 is 0 Å². The zero-order chi connectivity index (χ0) is 27.5. The predicted molar refractivity (Wildman–Crippen MR) is 123 cm³/mol. The number of carbonyl (C=O) groups is 2. The lowest BCUT2D eigenvalue weighted by atomic mass is 10.2. The van der Waals surface area contributed by atoms with Gasteiger partial charge in [0, 0.05) is 25.0 Å². The van der Waals surface area contributed by atoms with Crippen molar-refractivity contribution in [1.82, 2.24) is 20.1 Å². The fourth-order valence-corrected chi connectivity index (χ4v) is 5.30. The number of anilines is 1. The average Bonchev–Trinajstić information content (AvgIpc) is 3.38. The lowest BCUT2D eigenvalue weighted by Crippen LogP contribution is -2.50. The SMILES string of the molecule is O=C(N1CCS(=O)(=NC(=O)C(F)(F)F)CC1)N(Cc1ccc(-c2nnc(C(F)F)o2)cn1)c1ccccc1. The van der Waals surface area contributed by atoms with Crippen LogP contribution in [0.15, 0.2) is 57.4 Å². The summed E-state index contributed by atoms with van der Waals surface area (Å²) in [5.74, 6) is -4.16. The molecule has 0 atom stereocenters. The van der Waals surface area contributed by atoms with Gasteiger partial charge in [-0.2, -0.15) is 26.3 Å². The molecule has 1 fully saturated rings. The summed E-state index contributed by atoms with van der Waals surface area (Å²) >= 11 is 0. The molecule has 0 saturated carbocycles. The molecule has 4 rings (SSSR count). The maximum absolute atomic E-state index is 13.4. The molecule has 1 aromatic carbocycles. The Balaban J connectivity index is 1.51. The Morgan fingerprint density at radius 3 is 2.32 bits per heavy atom. The molecule has 0 bridgehead atoms. The van der Waals surface area contributed by atoms with Gasteiger partial charge < -0.3 is 9.32 Å². The van der Waals surface area contributed by atoms with Gasteiger partial charge in [0.15, 0.2) is 0 Å². The molecule has 3 aromatic rings. The number of urea groups is 1. The third-order valence-corrected chi connectivity index (χ3v) is 7.58. The number of hydrogen-bond acceptors (Lipinski definition) is 7. The van der Waals surface area contributed by atoms with E-state index in [0.717, 1.165) is 0 Å². The summed E-state index contributed by atoms with van der Waals surface area (Å²) in [6.45, 7) is -0.380. The molecule has 38 heavy (non-hydrogen) atoms. The van der Waals surface area contributed by atoms with Crippen molar-refractivity contribution < 1.29 is 40.2 Å². The second-order valence-corrected chi connectivity index (χ2v) is 10.6. The molecule has 0 radical (unpaired) electrons. The van der Waals surface area contributed by atoms with Crippen molar-refractivity contribution in [1.29, 1.82) is 0 Å². The van der Waals surface area contributed by atoms with Gasteiger partial charge in [-0.1, -0.05) is 18.2 Å². The smallest absolute Gasteiger partial charge is 0.415 e. The Labute approximate surface area is 212 Å². The first-order valence-electron chi connectivity index (χ1n) is 11.0. The number of alkyl halides is 5. The van der Waals surface area contributed by atoms with Crippen molar-refractivity contribution >= 4 is 27.4 Å². The number of carbonyl (C=O) groups excluding carboxylic acids is 2. The third kappa shape index (κ3) is 6.30. The van der Waals surface area contributed by atoms with Crippen LogP contribution in [0.2, 0.25) is 0 Å². The molecule has 16 heteroatoms. The summed E-state index contributed by atoms with van der Waals surface area (Å²) in [7, 11) is -3.46. The largest absolute Gasteiger partial charge is 0.474 e. The number of benzene rings is 1. The van der Waals surface area contributed by atoms with E-state index in [1.165, 1.54) is 28.1 Å². The Morgan fingerprint density at radius 2 is 1.76 bits per heavy atom. The second kappa shape index (κ2) is 10.8. The van der Waals surface area contributed by atoms with E-state index in [2.05, 4.69) is 19.5 Å². The summed E-state index contributed by atoms with van der Waals surface area (Å²) in [6.07, 6.45) is -6.82. The highest BCUT2D eigenvalue weighted by Crippen LogP contribution is 2.25. The van der Waals surface area contributed by atoms with E-state index < -0.39 is 40.2 Å². The minimum absolute atomic E-state index is 0.0297. The molecule has 0 aliphatic carbocycles. The Morgan fingerprint density at radius 1 is 1.08 bits per heavy atom. The maximum atomic E-state index is 13.4. The van der Waals surface area contributed by atoms with Crippen LogP contribution in [0.1, 0.15) is 18.0 Å². The number of hydrogen-bond donors (Lipinski definition) is 0. The molecule has 1 aliphatic rings. The van der Waals surface area contributed by atoms with Crippen LogP contribution in [0.3, 0.4) is 0 Å². The summed E-state index contributed by atoms with van der Waals surface area (Å²) in [4.78, 5) is 31.5. The van der Waals surface area contributed by atoms with Gasteiger partial charge in [-0.25, -0.2) is 9.00 Å². The number of para-hydroxylation sites is 1. The summed E-state index contributed by atoms with van der Waals surface area (Å²) < 4.78 is 83.5. The lowest BCUT2D eigenvalue weighted by molar-refractivity contribution is -0.169. The first kappa shape index (κ1) is 27.1. The molecule has 3 heterocycles. The summed E-state index contributed by atoms with van der Waals surface area (Å²) in [6, 6.07) is 11.0. The highest BCUT2D eigenvalue weighted by atomic mass is 32.2. The number of rotatable bonds is 5. The fraction of sp³-hybridized carbons (Fsp3) is 0.318. The monoisotopic (exact) mass is 558 g/mol. The minimum Gasteiger partial charge on any atom is -0.415 e. The van der Waals surface area contributed by atoms with Crippen LogP contribution < -0.4 is 4.90 Å². The summed E-state index contributed by atoms with van der Waals surface area (Å²) in [5, 5.41) is 6.82. The quantitative estimate of drug-likeness (QED) is 0.433. The van der Waals surface area contributed by atoms with Crippen molar-refractivity contribution in [2.24, 2.45) is 4.36 Å². The van der Waals surface area contributed by atoms with Gasteiger partial charge >= 0.3 is 24.5 Å². The zero-order valence-electron chi connectivity index (χ0n) is 19.3. The van der Waals surface area contributed by atoms with E-state index in [1.807, 2.05) is 0 Å². The van der Waals surface area contributed by atoms with Crippen molar-refractivity contribution in [2.45, 2.75) is 19.1 Å². The van der Waals surface area contributed by atoms with Crippen LogP contribution in [0.25, 0.3) is 11.5 Å². The van der Waals surface area contributed by atoms with Gasteiger partial charge in [0.2, 0.25) is 5.89 Å². The van der Waals surface area contributed by atoms with Gasteiger partial charge in [0.1, 0.15) is 0 Å². The second-order valence-electron chi connectivity index (χ2n) is 8.05. The van der Waals surface area contributed by atoms with E-state index in [9.17, 15) is 35.8 Å². The molecule has 10 nitrogen and oxygen atoms in total. The minimum atomic E-state index is -5.22. The molecule has 1 saturated heterocycles. The van der Waals surface area contributed by atoms with Gasteiger partial charge in [-0.15, -0.1) is 10.2 Å². The van der Waals surface area contributed by atoms with Crippen molar-refractivity contribution in [3.8, 4) is 11.5 Å². The lowest BCUT2D eigenvalue weighted by Gasteiger charge is -2.33. The normalized spacial score (nSPS) is 15.4. The van der Waals surface area contributed by atoms with Crippen LogP contribution in [-0.4, -0.2) is 67.0 Å². The number of amides is 3. The molecular formula is C22H19F5N6O4S. The zero-order valence-corrected chi connectivity index (χ0v) is 20.2. The highest BCUT2D eigenvalue weighted by Gasteiger charge is 2.40. The van der Waals surface area contributed by atoms with Crippen molar-refractivity contribution in [3.63, 3.8) is 0 Å². The first-order valence-corrected chi connectivity index (χ1v) is 12.8. The molecule has 0 unspecified atom stereocenters. The topological polar surface area (TPSA) is 122 Å². The van der Waals surface area contributed by atoms with Gasteiger partial charge in [0.25, 0.3) is 5.89 Å². The molecular weight excluding hydrogens is 539 g/mol. The first-order chi connectivity index (χ1) is 17.9. The Hall–Kier alpha value is -3.95. The highest BCUT2D eigenvalue weighted by molar-refractivity contribution is 7.94. The number of nitrogens with zero attached hydrogens (tertiary/aromatic N) is 6. The van der Waals surface area contributed by atoms with E-state index in [4.69, 9.17) is 4.42 Å². The number of aromatic nitrogens is 3. The molecule has 0 spiro atoms. The van der Waals surface area contributed by atoms with Crippen molar-refractivity contribution in [2.75, 3.05) is 29.5 Å². The van der Waals surface area contributed by atoms with Crippen LogP contribution in [0.4, 0.5) is 32.4 Å². The van der Waals surface area contributed by atoms with Crippen LogP contribution in [-0.2, 0) is 21.1 Å². The van der Waals surface area contributed by atoms with E-state index in [0.29, 0.717) is 11.4 Å². The average molecular weight is 558 g/mol. The van der Waals surface area contributed by atoms with Crippen LogP contribution >= 0.6 is 0 Å². The molecule has 2 aromatic heterocycles. The van der Waals surface area contributed by atoms with Crippen molar-refractivity contribution in [3.05, 3.63) is 60.2 Å². The van der Waals surface area contributed by atoms with Gasteiger partial charge in [-0.3, -0.25) is 14.7 Å². The fourth-order valence-electron chi connectivity index (χ4n) is 3.50. The number of halogens is 5. The van der Waals surface area contributed by atoms with E-state index in [1.54, 1.807) is 30.3 Å². The van der Waals surface area contributed by atoms with Gasteiger partial charge in [-0.05, 0) is 24.3 Å². The summed E-state index contributed by atoms with van der Waals surface area (Å²) in [5.41, 5.74) is 1.19. The Kier molecular flexibility index (Phi) is 7.71. The maximum Gasteiger partial charge on any atom is 0.474 e. The van der Waals surface area contributed by atoms with Crippen LogP contribution in [0.5, 0.6) is 0 Å². The van der Waals surface area contributed by atoms with E-state index in [-0.39, 0.29) is 42.6 Å².